The molecule has 0 N–H and O–H groups in total. The molecule has 0 unspecified atom stereocenters. The van der Waals surface area contributed by atoms with Crippen molar-refractivity contribution in [1.29, 1.82) is 0 Å². The van der Waals surface area contributed by atoms with E-state index < -0.39 is 0 Å². The molecule has 1 aliphatic rings. The zero-order chi connectivity index (χ0) is 22.9. The maximum absolute atomic E-state index is 6.29. The lowest BCUT2D eigenvalue weighted by Crippen LogP contribution is -2.43. The summed E-state index contributed by atoms with van der Waals surface area (Å²) in [7, 11) is 2.20. The van der Waals surface area contributed by atoms with Gasteiger partial charge in [0.15, 0.2) is 0 Å². The van der Waals surface area contributed by atoms with Gasteiger partial charge in [-0.15, -0.1) is 11.3 Å². The summed E-state index contributed by atoms with van der Waals surface area (Å²) in [6.07, 6.45) is 1.80. The van der Waals surface area contributed by atoms with Gasteiger partial charge in [0.1, 0.15) is 11.5 Å². The Kier molecular flexibility index (Phi) is 5.71. The fraction of sp³-hybridized carbons (Fsp3) is 0.214. The maximum atomic E-state index is 6.29. The monoisotopic (exact) mass is 466 g/mol. The number of ether oxygens (including phenoxy) is 1. The van der Waals surface area contributed by atoms with Gasteiger partial charge in [-0.3, -0.25) is 9.88 Å². The van der Waals surface area contributed by atoms with Crippen molar-refractivity contribution in [2.24, 2.45) is 0 Å². The highest BCUT2D eigenvalue weighted by Crippen LogP contribution is 2.33. The van der Waals surface area contributed by atoms with Crippen LogP contribution in [0.3, 0.4) is 0 Å². The molecule has 170 valence electrons. The molecular weight excluding hydrogens is 440 g/mol. The largest absolute Gasteiger partial charge is 0.457 e. The number of nitrogens with zero attached hydrogens (tertiary/aromatic N) is 4. The van der Waals surface area contributed by atoms with Gasteiger partial charge in [-0.25, -0.2) is 4.98 Å². The number of fused-ring (bicyclic) bond motifs is 2. The van der Waals surface area contributed by atoms with Crippen LogP contribution in [0.4, 0.5) is 0 Å². The van der Waals surface area contributed by atoms with Crippen LogP contribution < -0.4 is 4.74 Å². The smallest absolute Gasteiger partial charge is 0.138 e. The summed E-state index contributed by atoms with van der Waals surface area (Å²) in [5, 5.41) is 1.000. The second-order valence-electron chi connectivity index (χ2n) is 8.90. The number of likely N-dealkylation sites (N-methyl/N-ethyl adjacent to an activating group) is 1. The van der Waals surface area contributed by atoms with Crippen molar-refractivity contribution >= 4 is 32.5 Å². The topological polar surface area (TPSA) is 41.5 Å². The average Bonchev–Trinajstić information content (AvgIpc) is 3.34. The molecule has 3 heterocycles. The molecule has 0 aliphatic carbocycles. The third kappa shape index (κ3) is 4.40. The third-order valence-corrected chi connectivity index (χ3v) is 7.33. The highest BCUT2D eigenvalue weighted by atomic mass is 32.1. The average molecular weight is 467 g/mol. The van der Waals surface area contributed by atoms with E-state index in [1.807, 2.05) is 23.7 Å². The number of rotatable bonds is 5. The van der Waals surface area contributed by atoms with Crippen molar-refractivity contribution in [1.82, 2.24) is 19.8 Å². The first-order valence-corrected chi connectivity index (χ1v) is 12.5. The normalized spacial score (nSPS) is 15.2. The molecule has 6 rings (SSSR count). The molecule has 0 radical (unpaired) electrons. The number of hydrogen-bond donors (Lipinski definition) is 0. The second kappa shape index (κ2) is 9.14. The molecule has 0 bridgehead atoms. The Morgan fingerprint density at radius 3 is 2.50 bits per heavy atom. The second-order valence-corrected chi connectivity index (χ2v) is 9.79. The first-order valence-electron chi connectivity index (χ1n) is 11.6. The van der Waals surface area contributed by atoms with Crippen molar-refractivity contribution in [3.63, 3.8) is 0 Å². The Morgan fingerprint density at radius 2 is 1.65 bits per heavy atom. The molecule has 1 saturated heterocycles. The summed E-state index contributed by atoms with van der Waals surface area (Å²) in [5.74, 6) is 1.58. The molecule has 5 nitrogen and oxygen atoms in total. The Morgan fingerprint density at radius 1 is 0.824 bits per heavy atom. The number of piperazine rings is 1. The molecule has 0 spiro atoms. The minimum atomic E-state index is 0.782. The highest BCUT2D eigenvalue weighted by Gasteiger charge is 2.14. The van der Waals surface area contributed by atoms with E-state index in [1.165, 1.54) is 11.1 Å². The lowest BCUT2D eigenvalue weighted by atomic mass is 10.0. The predicted octanol–water partition coefficient (Wildman–Crippen LogP) is 6.05. The van der Waals surface area contributed by atoms with E-state index in [9.17, 15) is 0 Å². The van der Waals surface area contributed by atoms with Gasteiger partial charge < -0.3 is 9.64 Å². The maximum Gasteiger partial charge on any atom is 0.138 e. The van der Waals surface area contributed by atoms with Crippen LogP contribution in [0.5, 0.6) is 11.5 Å². The minimum absolute atomic E-state index is 0.782. The Labute approximate surface area is 203 Å². The van der Waals surface area contributed by atoms with Crippen molar-refractivity contribution in [2.45, 2.75) is 6.54 Å². The summed E-state index contributed by atoms with van der Waals surface area (Å²) < 4.78 is 7.44. The molecule has 6 heteroatoms. The van der Waals surface area contributed by atoms with E-state index in [1.54, 1.807) is 17.5 Å². The molecule has 5 aromatic rings. The first-order chi connectivity index (χ1) is 16.7. The number of thiazole rings is 1. The quantitative estimate of drug-likeness (QED) is 0.315. The van der Waals surface area contributed by atoms with Crippen LogP contribution in [-0.2, 0) is 6.54 Å². The summed E-state index contributed by atoms with van der Waals surface area (Å²) in [6, 6.07) is 23.3. The zero-order valence-electron chi connectivity index (χ0n) is 19.1. The summed E-state index contributed by atoms with van der Waals surface area (Å²) in [5.41, 5.74) is 7.45. The SMILES string of the molecule is CN1CCN(Cc2ccc(-c3ccc4nccc(Oc5ccc6scnc6c5)c4c3)cc2)CC1. The van der Waals surface area contributed by atoms with Crippen LogP contribution in [0, 0.1) is 0 Å². The van der Waals surface area contributed by atoms with Crippen molar-refractivity contribution in [2.75, 3.05) is 33.2 Å². The van der Waals surface area contributed by atoms with E-state index in [2.05, 4.69) is 75.3 Å². The van der Waals surface area contributed by atoms with Gasteiger partial charge in [-0.2, -0.15) is 0 Å². The lowest BCUT2D eigenvalue weighted by molar-refractivity contribution is 0.148. The number of pyridine rings is 1. The summed E-state index contributed by atoms with van der Waals surface area (Å²) >= 11 is 1.63. The molecule has 34 heavy (non-hydrogen) atoms. The molecule has 0 amide bonds. The molecular formula is C28H26N4OS. The van der Waals surface area contributed by atoms with Crippen LogP contribution in [0.1, 0.15) is 5.56 Å². The van der Waals surface area contributed by atoms with Crippen molar-refractivity contribution in [3.05, 3.63) is 84.0 Å². The molecule has 1 fully saturated rings. The Balaban J connectivity index is 1.25. The van der Waals surface area contributed by atoms with Crippen LogP contribution in [0.25, 0.3) is 32.2 Å². The minimum Gasteiger partial charge on any atom is -0.457 e. The van der Waals surface area contributed by atoms with Gasteiger partial charge in [0, 0.05) is 50.4 Å². The van der Waals surface area contributed by atoms with Crippen LogP contribution in [0.15, 0.2) is 78.4 Å². The van der Waals surface area contributed by atoms with Gasteiger partial charge in [-0.05, 0) is 54.1 Å². The third-order valence-electron chi connectivity index (χ3n) is 6.52. The van der Waals surface area contributed by atoms with E-state index in [4.69, 9.17) is 4.74 Å². The van der Waals surface area contributed by atoms with Crippen LogP contribution in [0.2, 0.25) is 0 Å². The van der Waals surface area contributed by atoms with E-state index >= 15 is 0 Å². The molecule has 0 saturated carbocycles. The van der Waals surface area contributed by atoms with Crippen molar-refractivity contribution in [3.8, 4) is 22.6 Å². The number of hydrogen-bond acceptors (Lipinski definition) is 6. The lowest BCUT2D eigenvalue weighted by Gasteiger charge is -2.32. The molecule has 0 atom stereocenters. The molecule has 2 aromatic heterocycles. The van der Waals surface area contributed by atoms with E-state index in [0.29, 0.717) is 0 Å². The van der Waals surface area contributed by atoms with Gasteiger partial charge >= 0.3 is 0 Å². The van der Waals surface area contributed by atoms with E-state index in [0.717, 1.165) is 70.9 Å². The molecule has 3 aromatic carbocycles. The highest BCUT2D eigenvalue weighted by molar-refractivity contribution is 7.16. The zero-order valence-corrected chi connectivity index (χ0v) is 20.0. The van der Waals surface area contributed by atoms with Gasteiger partial charge in [-0.1, -0.05) is 30.3 Å². The van der Waals surface area contributed by atoms with Crippen LogP contribution in [-0.4, -0.2) is 53.0 Å². The van der Waals surface area contributed by atoms with E-state index in [-0.39, 0.29) is 0 Å². The fourth-order valence-corrected chi connectivity index (χ4v) is 5.14. The Hall–Kier alpha value is -3.32. The van der Waals surface area contributed by atoms with Gasteiger partial charge in [0.2, 0.25) is 0 Å². The summed E-state index contributed by atoms with van der Waals surface area (Å²) in [6.45, 7) is 5.57. The summed E-state index contributed by atoms with van der Waals surface area (Å²) in [4.78, 5) is 13.9. The predicted molar refractivity (Wildman–Crippen MR) is 140 cm³/mol. The standard InChI is InChI=1S/C28H26N4OS/c1-31-12-14-32(15-13-31)18-20-2-4-21(5-3-20)22-6-8-25-24(16-22)27(10-11-29-25)33-23-7-9-28-26(17-23)30-19-34-28/h2-11,16-17,19H,12-15,18H2,1H3. The van der Waals surface area contributed by atoms with Crippen LogP contribution >= 0.6 is 11.3 Å². The van der Waals surface area contributed by atoms with Gasteiger partial charge in [0.25, 0.3) is 0 Å². The number of aromatic nitrogens is 2. The first kappa shape index (κ1) is 21.2. The van der Waals surface area contributed by atoms with Crippen molar-refractivity contribution < 1.29 is 4.74 Å². The number of benzene rings is 3. The fourth-order valence-electron chi connectivity index (χ4n) is 4.48. The Bertz CT molecular complexity index is 1440. The molecule has 1 aliphatic heterocycles. The van der Waals surface area contributed by atoms with Gasteiger partial charge in [0.05, 0.1) is 21.2 Å².